The summed E-state index contributed by atoms with van der Waals surface area (Å²) in [6.07, 6.45) is 4.29. The first-order chi connectivity index (χ1) is 12.3. The highest BCUT2D eigenvalue weighted by Gasteiger charge is 2.30. The van der Waals surface area contributed by atoms with Crippen LogP contribution in [0.4, 0.5) is 0 Å². The number of amides is 1. The van der Waals surface area contributed by atoms with Crippen LogP contribution < -0.4 is 5.32 Å². The van der Waals surface area contributed by atoms with E-state index in [4.69, 9.17) is 9.47 Å². The Balaban J connectivity index is 0.00000243. The van der Waals surface area contributed by atoms with E-state index in [0.717, 1.165) is 70.7 Å². The molecule has 0 radical (unpaired) electrons. The van der Waals surface area contributed by atoms with Gasteiger partial charge in [-0.2, -0.15) is 0 Å². The summed E-state index contributed by atoms with van der Waals surface area (Å²) >= 11 is 0. The van der Waals surface area contributed by atoms with Crippen LogP contribution >= 0.6 is 24.0 Å². The Morgan fingerprint density at radius 1 is 1.19 bits per heavy atom. The second kappa shape index (κ2) is 11.3. The number of nitrogens with zero attached hydrogens (tertiary/aromatic N) is 3. The lowest BCUT2D eigenvalue weighted by molar-refractivity contribution is -0.142. The summed E-state index contributed by atoms with van der Waals surface area (Å²) in [6, 6.07) is 0. The highest BCUT2D eigenvalue weighted by Crippen LogP contribution is 2.28. The number of hydrogen-bond acceptors (Lipinski definition) is 4. The minimum atomic E-state index is -0.211. The maximum atomic E-state index is 12.4. The van der Waals surface area contributed by atoms with Gasteiger partial charge in [0.15, 0.2) is 5.96 Å². The Labute approximate surface area is 173 Å². The van der Waals surface area contributed by atoms with Crippen LogP contribution in [0.1, 0.15) is 32.6 Å². The van der Waals surface area contributed by atoms with Crippen molar-refractivity contribution in [1.82, 2.24) is 15.1 Å². The monoisotopic (exact) mass is 480 g/mol. The smallest absolute Gasteiger partial charge is 0.251 e. The molecule has 1 aliphatic carbocycles. The average molecular weight is 480 g/mol. The zero-order valence-corrected chi connectivity index (χ0v) is 18.2. The molecule has 8 heteroatoms. The van der Waals surface area contributed by atoms with Crippen molar-refractivity contribution in [3.8, 4) is 0 Å². The van der Waals surface area contributed by atoms with Crippen LogP contribution in [0, 0.1) is 5.92 Å². The first-order valence-electron chi connectivity index (χ1n) is 9.79. The van der Waals surface area contributed by atoms with E-state index < -0.39 is 0 Å². The summed E-state index contributed by atoms with van der Waals surface area (Å²) in [5.41, 5.74) is 0. The third kappa shape index (κ3) is 6.53. The van der Waals surface area contributed by atoms with Crippen molar-refractivity contribution in [2.24, 2.45) is 10.9 Å². The number of nitrogens with one attached hydrogen (secondary N) is 1. The van der Waals surface area contributed by atoms with Crippen molar-refractivity contribution in [3.05, 3.63) is 0 Å². The van der Waals surface area contributed by atoms with Gasteiger partial charge in [-0.15, -0.1) is 24.0 Å². The maximum absolute atomic E-state index is 12.4. The van der Waals surface area contributed by atoms with E-state index >= 15 is 0 Å². The molecule has 0 aromatic rings. The molecule has 2 aliphatic heterocycles. The normalized spacial score (nSPS) is 23.7. The van der Waals surface area contributed by atoms with Crippen molar-refractivity contribution < 1.29 is 14.3 Å². The quantitative estimate of drug-likeness (QED) is 0.258. The molecule has 3 fully saturated rings. The van der Waals surface area contributed by atoms with E-state index in [1.807, 2.05) is 4.90 Å². The summed E-state index contributed by atoms with van der Waals surface area (Å²) in [5, 5.41) is 3.36. The molecule has 3 aliphatic rings. The summed E-state index contributed by atoms with van der Waals surface area (Å²) in [7, 11) is 0. The summed E-state index contributed by atoms with van der Waals surface area (Å²) in [5.74, 6) is 1.89. The Morgan fingerprint density at radius 3 is 2.54 bits per heavy atom. The molecule has 0 aromatic carbocycles. The first kappa shape index (κ1) is 21.7. The molecule has 0 aromatic heterocycles. The highest BCUT2D eigenvalue weighted by molar-refractivity contribution is 14.0. The van der Waals surface area contributed by atoms with Crippen LogP contribution in [0.2, 0.25) is 0 Å². The second-order valence-electron chi connectivity index (χ2n) is 7.07. The molecule has 26 heavy (non-hydrogen) atoms. The van der Waals surface area contributed by atoms with Crippen molar-refractivity contribution in [2.45, 2.75) is 38.7 Å². The van der Waals surface area contributed by atoms with Crippen LogP contribution in [-0.2, 0) is 14.3 Å². The fourth-order valence-corrected chi connectivity index (χ4v) is 3.29. The van der Waals surface area contributed by atoms with E-state index in [1.54, 1.807) is 0 Å². The number of carbonyl (C=O) groups is 1. The predicted octanol–water partition coefficient (Wildman–Crippen LogP) is 1.32. The predicted molar refractivity (Wildman–Crippen MR) is 112 cm³/mol. The average Bonchev–Trinajstić information content (AvgIpc) is 3.30. The number of guanidine groups is 1. The van der Waals surface area contributed by atoms with Gasteiger partial charge in [0.25, 0.3) is 5.91 Å². The van der Waals surface area contributed by atoms with Crippen LogP contribution in [-0.4, -0.2) is 86.9 Å². The van der Waals surface area contributed by atoms with E-state index in [1.165, 1.54) is 12.8 Å². The Morgan fingerprint density at radius 2 is 1.92 bits per heavy atom. The molecule has 1 atom stereocenters. The minimum Gasteiger partial charge on any atom is -0.379 e. The zero-order valence-electron chi connectivity index (χ0n) is 15.8. The molecule has 2 saturated heterocycles. The SMILES string of the molecule is CCNC(=NCCOCC1CC1)N1CCN(C(=O)C2CCCO2)CC1.I. The van der Waals surface area contributed by atoms with Crippen molar-refractivity contribution >= 4 is 35.8 Å². The molecule has 3 rings (SSSR count). The van der Waals surface area contributed by atoms with Gasteiger partial charge in [0.05, 0.1) is 13.2 Å². The van der Waals surface area contributed by atoms with Crippen LogP contribution in [0.5, 0.6) is 0 Å². The molecule has 150 valence electrons. The highest BCUT2D eigenvalue weighted by atomic mass is 127. The van der Waals surface area contributed by atoms with Crippen LogP contribution in [0.25, 0.3) is 0 Å². The van der Waals surface area contributed by atoms with Gasteiger partial charge in [-0.25, -0.2) is 0 Å². The lowest BCUT2D eigenvalue weighted by Gasteiger charge is -2.37. The van der Waals surface area contributed by atoms with Crippen molar-refractivity contribution in [3.63, 3.8) is 0 Å². The molecular weight excluding hydrogens is 447 g/mol. The fourth-order valence-electron chi connectivity index (χ4n) is 3.29. The molecule has 1 N–H and O–H groups in total. The van der Waals surface area contributed by atoms with Crippen LogP contribution in [0.15, 0.2) is 4.99 Å². The fraction of sp³-hybridized carbons (Fsp3) is 0.889. The first-order valence-corrected chi connectivity index (χ1v) is 9.79. The Hall–Kier alpha value is -0.610. The molecule has 0 bridgehead atoms. The van der Waals surface area contributed by atoms with Crippen molar-refractivity contribution in [1.29, 1.82) is 0 Å². The van der Waals surface area contributed by atoms with Gasteiger partial charge in [-0.05, 0) is 38.5 Å². The van der Waals surface area contributed by atoms with E-state index in [0.29, 0.717) is 13.2 Å². The standard InChI is InChI=1S/C18H32N4O3.HI/c1-2-19-18(20-7-13-24-14-15-5-6-15)22-10-8-21(9-11-22)17(23)16-4-3-12-25-16;/h15-16H,2-14H2,1H3,(H,19,20);1H. The minimum absolute atomic E-state index is 0. The van der Waals surface area contributed by atoms with Gasteiger partial charge in [0.1, 0.15) is 6.10 Å². The van der Waals surface area contributed by atoms with Crippen LogP contribution in [0.3, 0.4) is 0 Å². The number of piperazine rings is 1. The number of rotatable bonds is 7. The van der Waals surface area contributed by atoms with E-state index in [-0.39, 0.29) is 36.0 Å². The summed E-state index contributed by atoms with van der Waals surface area (Å²) < 4.78 is 11.2. The number of hydrogen-bond donors (Lipinski definition) is 1. The van der Waals surface area contributed by atoms with Gasteiger partial charge >= 0.3 is 0 Å². The number of carbonyl (C=O) groups excluding carboxylic acids is 1. The molecular formula is C18H33IN4O3. The molecule has 7 nitrogen and oxygen atoms in total. The maximum Gasteiger partial charge on any atom is 0.251 e. The van der Waals surface area contributed by atoms with Gasteiger partial charge in [0.2, 0.25) is 0 Å². The molecule has 1 saturated carbocycles. The Bertz CT molecular complexity index is 459. The molecule has 2 heterocycles. The third-order valence-electron chi connectivity index (χ3n) is 4.98. The largest absolute Gasteiger partial charge is 0.379 e. The van der Waals surface area contributed by atoms with Gasteiger partial charge in [-0.1, -0.05) is 0 Å². The summed E-state index contributed by atoms with van der Waals surface area (Å²) in [6.45, 7) is 9.00. The van der Waals surface area contributed by atoms with E-state index in [9.17, 15) is 4.79 Å². The zero-order chi connectivity index (χ0) is 17.5. The van der Waals surface area contributed by atoms with Gasteiger partial charge in [-0.3, -0.25) is 9.79 Å². The number of aliphatic imine (C=N–C) groups is 1. The number of halogens is 1. The Kier molecular flexibility index (Phi) is 9.41. The lowest BCUT2D eigenvalue weighted by atomic mass is 10.2. The summed E-state index contributed by atoms with van der Waals surface area (Å²) in [4.78, 5) is 21.3. The van der Waals surface area contributed by atoms with E-state index in [2.05, 4.69) is 22.1 Å². The topological polar surface area (TPSA) is 66.4 Å². The molecule has 0 spiro atoms. The van der Waals surface area contributed by atoms with Crippen molar-refractivity contribution in [2.75, 3.05) is 59.1 Å². The van der Waals surface area contributed by atoms with Gasteiger partial charge < -0.3 is 24.6 Å². The third-order valence-corrected chi connectivity index (χ3v) is 4.98. The molecule has 1 amide bonds. The van der Waals surface area contributed by atoms with Gasteiger partial charge in [0, 0.05) is 45.9 Å². The molecule has 1 unspecified atom stereocenters. The lowest BCUT2D eigenvalue weighted by Crippen LogP contribution is -2.55. The second-order valence-corrected chi connectivity index (χ2v) is 7.07. The number of ether oxygens (including phenoxy) is 2.